The lowest BCUT2D eigenvalue weighted by Gasteiger charge is -2.34. The number of carbonyl (C=O) groups is 1. The number of nitrogens with zero attached hydrogens (tertiary/aromatic N) is 2. The van der Waals surface area contributed by atoms with Gasteiger partial charge >= 0.3 is 0 Å². The molecular formula is C20H20F4N2O3S. The monoisotopic (exact) mass is 444 g/mol. The first-order valence-electron chi connectivity index (χ1n) is 9.28. The molecule has 1 amide bonds. The van der Waals surface area contributed by atoms with Crippen LogP contribution >= 0.6 is 0 Å². The number of benzene rings is 2. The van der Waals surface area contributed by atoms with Gasteiger partial charge in [0, 0.05) is 32.6 Å². The van der Waals surface area contributed by atoms with Gasteiger partial charge < -0.3 is 4.90 Å². The molecule has 10 heteroatoms. The molecule has 1 unspecified atom stereocenters. The molecule has 5 nitrogen and oxygen atoms in total. The van der Waals surface area contributed by atoms with Gasteiger partial charge in [0.05, 0.1) is 0 Å². The fourth-order valence-corrected chi connectivity index (χ4v) is 4.80. The smallest absolute Gasteiger partial charge is 0.246 e. The van der Waals surface area contributed by atoms with Crippen molar-refractivity contribution < 1.29 is 30.8 Å². The zero-order valence-electron chi connectivity index (χ0n) is 16.1. The SMILES string of the molecule is CC(CC(=O)N1CCN(S(=O)(=O)c2ccc(F)c(F)c2F)CC1)c1ccc(F)cc1. The second kappa shape index (κ2) is 8.73. The van der Waals surface area contributed by atoms with E-state index in [1.165, 1.54) is 17.0 Å². The fourth-order valence-electron chi connectivity index (χ4n) is 3.32. The highest BCUT2D eigenvalue weighted by Gasteiger charge is 2.33. The van der Waals surface area contributed by atoms with Crippen LogP contribution in [0.1, 0.15) is 24.8 Å². The van der Waals surface area contributed by atoms with E-state index in [2.05, 4.69) is 0 Å². The molecule has 162 valence electrons. The molecule has 0 bridgehead atoms. The van der Waals surface area contributed by atoms with Crippen LogP contribution in [-0.2, 0) is 14.8 Å². The number of amides is 1. The molecule has 1 saturated heterocycles. The maximum Gasteiger partial charge on any atom is 0.246 e. The summed E-state index contributed by atoms with van der Waals surface area (Å²) in [5.41, 5.74) is 0.805. The molecule has 1 aliphatic rings. The van der Waals surface area contributed by atoms with Crippen LogP contribution in [0.15, 0.2) is 41.3 Å². The second-order valence-electron chi connectivity index (χ2n) is 7.12. The highest BCUT2D eigenvalue weighted by atomic mass is 32.2. The molecule has 0 spiro atoms. The molecule has 0 radical (unpaired) electrons. The summed E-state index contributed by atoms with van der Waals surface area (Å²) in [6.07, 6.45) is 0.163. The molecule has 2 aromatic rings. The predicted molar refractivity (Wildman–Crippen MR) is 101 cm³/mol. The van der Waals surface area contributed by atoms with Crippen molar-refractivity contribution in [3.05, 3.63) is 65.2 Å². The van der Waals surface area contributed by atoms with Gasteiger partial charge in [0.2, 0.25) is 15.9 Å². The van der Waals surface area contributed by atoms with Crippen molar-refractivity contribution in [2.45, 2.75) is 24.2 Å². The van der Waals surface area contributed by atoms with E-state index in [-0.39, 0.29) is 50.2 Å². The van der Waals surface area contributed by atoms with Crippen LogP contribution in [0.4, 0.5) is 17.6 Å². The van der Waals surface area contributed by atoms with Crippen molar-refractivity contribution in [3.8, 4) is 0 Å². The number of halogens is 4. The zero-order valence-corrected chi connectivity index (χ0v) is 16.9. The van der Waals surface area contributed by atoms with E-state index in [0.29, 0.717) is 12.1 Å². The first-order valence-corrected chi connectivity index (χ1v) is 10.7. The molecule has 3 rings (SSSR count). The lowest BCUT2D eigenvalue weighted by Crippen LogP contribution is -2.50. The topological polar surface area (TPSA) is 57.7 Å². The van der Waals surface area contributed by atoms with Gasteiger partial charge in [0.25, 0.3) is 0 Å². The standard InChI is InChI=1S/C20H20F4N2O3S/c1-13(14-2-4-15(21)5-3-14)12-18(27)25-8-10-26(11-9-25)30(28,29)17-7-6-16(22)19(23)20(17)24/h2-7,13H,8-12H2,1H3. The predicted octanol–water partition coefficient (Wildman–Crippen LogP) is 3.27. The second-order valence-corrected chi connectivity index (χ2v) is 9.02. The average molecular weight is 444 g/mol. The maximum atomic E-state index is 13.9. The third-order valence-corrected chi connectivity index (χ3v) is 7.04. The molecule has 1 heterocycles. The summed E-state index contributed by atoms with van der Waals surface area (Å²) >= 11 is 0. The van der Waals surface area contributed by atoms with Gasteiger partial charge in [-0.25, -0.2) is 26.0 Å². The molecular weight excluding hydrogens is 424 g/mol. The van der Waals surface area contributed by atoms with Crippen molar-refractivity contribution >= 4 is 15.9 Å². The Morgan fingerprint density at radius 2 is 1.53 bits per heavy atom. The maximum absolute atomic E-state index is 13.9. The molecule has 2 aromatic carbocycles. The van der Waals surface area contributed by atoms with E-state index < -0.39 is 32.4 Å². The summed E-state index contributed by atoms with van der Waals surface area (Å²) in [6.45, 7) is 1.80. The van der Waals surface area contributed by atoms with Crippen LogP contribution in [0.2, 0.25) is 0 Å². The highest BCUT2D eigenvalue weighted by molar-refractivity contribution is 7.89. The van der Waals surface area contributed by atoms with Gasteiger partial charge in [-0.3, -0.25) is 4.79 Å². The Labute approximate surface area is 172 Å². The van der Waals surface area contributed by atoms with Crippen LogP contribution in [0.5, 0.6) is 0 Å². The quantitative estimate of drug-likeness (QED) is 0.526. The highest BCUT2D eigenvalue weighted by Crippen LogP contribution is 2.25. The van der Waals surface area contributed by atoms with Crippen LogP contribution in [0.25, 0.3) is 0 Å². The van der Waals surface area contributed by atoms with E-state index >= 15 is 0 Å². The number of sulfonamides is 1. The normalized spacial score (nSPS) is 16.5. The summed E-state index contributed by atoms with van der Waals surface area (Å²) in [7, 11) is -4.37. The molecule has 0 aliphatic carbocycles. The van der Waals surface area contributed by atoms with Crippen LogP contribution < -0.4 is 0 Å². The minimum Gasteiger partial charge on any atom is -0.340 e. The van der Waals surface area contributed by atoms with Gasteiger partial charge in [-0.15, -0.1) is 0 Å². The molecule has 1 atom stereocenters. The Morgan fingerprint density at radius 1 is 0.933 bits per heavy atom. The first kappa shape index (κ1) is 22.2. The van der Waals surface area contributed by atoms with Gasteiger partial charge in [-0.1, -0.05) is 19.1 Å². The molecule has 0 N–H and O–H groups in total. The summed E-state index contributed by atoms with van der Waals surface area (Å²) < 4.78 is 79.6. The molecule has 0 saturated carbocycles. The van der Waals surface area contributed by atoms with Gasteiger partial charge in [-0.2, -0.15) is 4.31 Å². The van der Waals surface area contributed by atoms with Crippen molar-refractivity contribution in [2.24, 2.45) is 0 Å². The van der Waals surface area contributed by atoms with Crippen molar-refractivity contribution in [2.75, 3.05) is 26.2 Å². The zero-order chi connectivity index (χ0) is 22.1. The van der Waals surface area contributed by atoms with Crippen molar-refractivity contribution in [1.29, 1.82) is 0 Å². The van der Waals surface area contributed by atoms with Gasteiger partial charge in [-0.05, 0) is 35.7 Å². The summed E-state index contributed by atoms with van der Waals surface area (Å²) in [5.74, 6) is -5.80. The van der Waals surface area contributed by atoms with Crippen molar-refractivity contribution in [3.63, 3.8) is 0 Å². The number of rotatable bonds is 5. The van der Waals surface area contributed by atoms with E-state index in [0.717, 1.165) is 9.87 Å². The summed E-state index contributed by atoms with van der Waals surface area (Å²) in [5, 5.41) is 0. The van der Waals surface area contributed by atoms with Crippen LogP contribution in [0.3, 0.4) is 0 Å². The van der Waals surface area contributed by atoms with E-state index in [1.54, 1.807) is 12.1 Å². The lowest BCUT2D eigenvalue weighted by molar-refractivity contribution is -0.132. The number of carbonyl (C=O) groups excluding carboxylic acids is 1. The number of piperazine rings is 1. The minimum atomic E-state index is -4.37. The van der Waals surface area contributed by atoms with Crippen molar-refractivity contribution in [1.82, 2.24) is 9.21 Å². The Kier molecular flexibility index (Phi) is 6.47. The Balaban J connectivity index is 1.63. The van der Waals surface area contributed by atoms with Crippen LogP contribution in [0, 0.1) is 23.3 Å². The largest absolute Gasteiger partial charge is 0.340 e. The fraction of sp³-hybridized carbons (Fsp3) is 0.350. The number of hydrogen-bond donors (Lipinski definition) is 0. The number of hydrogen-bond acceptors (Lipinski definition) is 3. The minimum absolute atomic E-state index is 0.0828. The average Bonchev–Trinajstić information content (AvgIpc) is 2.72. The molecule has 1 aliphatic heterocycles. The molecule has 1 fully saturated rings. The first-order chi connectivity index (χ1) is 14.1. The Bertz CT molecular complexity index is 1040. The van der Waals surface area contributed by atoms with E-state index in [4.69, 9.17) is 0 Å². The summed E-state index contributed by atoms with van der Waals surface area (Å²) in [6, 6.07) is 7.09. The Morgan fingerprint density at radius 3 is 2.13 bits per heavy atom. The summed E-state index contributed by atoms with van der Waals surface area (Å²) in [4.78, 5) is 13.1. The van der Waals surface area contributed by atoms with Gasteiger partial charge in [0.15, 0.2) is 17.5 Å². The lowest BCUT2D eigenvalue weighted by atomic mass is 9.97. The molecule has 30 heavy (non-hydrogen) atoms. The van der Waals surface area contributed by atoms with Crippen LogP contribution in [-0.4, -0.2) is 49.7 Å². The third-order valence-electron chi connectivity index (χ3n) is 5.13. The third kappa shape index (κ3) is 4.49. The van der Waals surface area contributed by atoms with Gasteiger partial charge in [0.1, 0.15) is 10.7 Å². The Hall–Kier alpha value is -2.46. The van der Waals surface area contributed by atoms with E-state index in [1.807, 2.05) is 6.92 Å². The molecule has 0 aromatic heterocycles. The van der Waals surface area contributed by atoms with E-state index in [9.17, 15) is 30.8 Å².